The van der Waals surface area contributed by atoms with Gasteiger partial charge < -0.3 is 10.0 Å². The average molecular weight is 306 g/mol. The first kappa shape index (κ1) is 13.1. The van der Waals surface area contributed by atoms with Crippen molar-refractivity contribution < 1.29 is 5.11 Å². The smallest absolute Gasteiger partial charge is 0.0682 e. The van der Waals surface area contributed by atoms with Crippen LogP contribution in [0.3, 0.4) is 0 Å². The summed E-state index contributed by atoms with van der Waals surface area (Å²) in [6.07, 6.45) is 0. The van der Waals surface area contributed by atoms with Crippen molar-refractivity contribution in [3.8, 4) is 0 Å². The van der Waals surface area contributed by atoms with E-state index in [-0.39, 0.29) is 6.61 Å². The molecule has 2 rings (SSSR count). The van der Waals surface area contributed by atoms with Crippen molar-refractivity contribution in [3.63, 3.8) is 0 Å². The summed E-state index contributed by atoms with van der Waals surface area (Å²) in [4.78, 5) is 2.12. The van der Waals surface area contributed by atoms with Crippen LogP contribution in [0.2, 0.25) is 0 Å². The summed E-state index contributed by atoms with van der Waals surface area (Å²) < 4.78 is 0.983. The van der Waals surface area contributed by atoms with E-state index < -0.39 is 0 Å². The maximum Gasteiger partial charge on any atom is 0.0682 e. The van der Waals surface area contributed by atoms with Crippen LogP contribution in [0.4, 0.5) is 11.4 Å². The Morgan fingerprint density at radius 1 is 1.11 bits per heavy atom. The van der Waals surface area contributed by atoms with Gasteiger partial charge in [0.2, 0.25) is 0 Å². The number of rotatable bonds is 3. The number of aryl methyl sites for hydroxylation is 1. The first-order valence-electron chi connectivity index (χ1n) is 5.81. The Kier molecular flexibility index (Phi) is 4.04. The molecule has 0 bridgehead atoms. The number of nitrogens with zero attached hydrogens (tertiary/aromatic N) is 1. The molecule has 0 spiro atoms. The fourth-order valence-electron chi connectivity index (χ4n) is 1.83. The predicted octanol–water partition coefficient (Wildman–Crippen LogP) is 4.02. The molecular formula is C15H16BrNO. The number of anilines is 2. The molecule has 18 heavy (non-hydrogen) atoms. The number of hydrogen-bond donors (Lipinski definition) is 1. The number of benzene rings is 2. The maximum atomic E-state index is 9.10. The molecule has 94 valence electrons. The van der Waals surface area contributed by atoms with Crippen LogP contribution in [0, 0.1) is 6.92 Å². The van der Waals surface area contributed by atoms with E-state index >= 15 is 0 Å². The van der Waals surface area contributed by atoms with Gasteiger partial charge in [-0.05, 0) is 52.7 Å². The van der Waals surface area contributed by atoms with Crippen LogP contribution in [0.1, 0.15) is 11.1 Å². The predicted molar refractivity (Wildman–Crippen MR) is 79.3 cm³/mol. The molecule has 0 saturated carbocycles. The molecule has 0 aliphatic rings. The van der Waals surface area contributed by atoms with Crippen LogP contribution >= 0.6 is 15.9 Å². The number of halogens is 1. The Bertz CT molecular complexity index is 537. The standard InChI is InChI=1S/C15H16BrNO/c1-11-3-6-13(7-4-11)17(2)15-8-5-12(10-18)9-14(15)16/h3-9,18H,10H2,1-2H3. The number of hydrogen-bond acceptors (Lipinski definition) is 2. The van der Waals surface area contributed by atoms with E-state index in [0.29, 0.717) is 0 Å². The fraction of sp³-hybridized carbons (Fsp3) is 0.200. The van der Waals surface area contributed by atoms with Gasteiger partial charge >= 0.3 is 0 Å². The van der Waals surface area contributed by atoms with Gasteiger partial charge in [0.1, 0.15) is 0 Å². The van der Waals surface area contributed by atoms with Crippen molar-refractivity contribution >= 4 is 27.3 Å². The van der Waals surface area contributed by atoms with Gasteiger partial charge in [-0.25, -0.2) is 0 Å². The van der Waals surface area contributed by atoms with Crippen LogP contribution in [-0.4, -0.2) is 12.2 Å². The lowest BCUT2D eigenvalue weighted by Crippen LogP contribution is -2.10. The third-order valence-electron chi connectivity index (χ3n) is 2.98. The summed E-state index contributed by atoms with van der Waals surface area (Å²) in [5.74, 6) is 0. The normalized spacial score (nSPS) is 10.4. The third-order valence-corrected chi connectivity index (χ3v) is 3.61. The van der Waals surface area contributed by atoms with Crippen LogP contribution in [-0.2, 0) is 6.61 Å². The molecule has 0 amide bonds. The van der Waals surface area contributed by atoms with Crippen molar-refractivity contribution in [1.29, 1.82) is 0 Å². The zero-order valence-corrected chi connectivity index (χ0v) is 12.1. The second-order valence-electron chi connectivity index (χ2n) is 4.34. The average Bonchev–Trinajstić information content (AvgIpc) is 2.38. The number of aliphatic hydroxyl groups excluding tert-OH is 1. The van der Waals surface area contributed by atoms with Crippen molar-refractivity contribution in [3.05, 3.63) is 58.1 Å². The Morgan fingerprint density at radius 2 is 1.78 bits per heavy atom. The zero-order chi connectivity index (χ0) is 13.1. The highest BCUT2D eigenvalue weighted by Crippen LogP contribution is 2.31. The first-order valence-corrected chi connectivity index (χ1v) is 6.61. The second kappa shape index (κ2) is 5.55. The summed E-state index contributed by atoms with van der Waals surface area (Å²) >= 11 is 3.55. The van der Waals surface area contributed by atoms with E-state index in [1.54, 1.807) is 0 Å². The van der Waals surface area contributed by atoms with Crippen LogP contribution < -0.4 is 4.90 Å². The molecule has 2 nitrogen and oxygen atoms in total. The van der Waals surface area contributed by atoms with E-state index in [4.69, 9.17) is 5.11 Å². The van der Waals surface area contributed by atoms with Gasteiger partial charge in [0.15, 0.2) is 0 Å². The van der Waals surface area contributed by atoms with E-state index in [9.17, 15) is 0 Å². The molecule has 0 fully saturated rings. The summed E-state index contributed by atoms with van der Waals surface area (Å²) in [5, 5.41) is 9.10. The molecule has 0 heterocycles. The van der Waals surface area contributed by atoms with Crippen LogP contribution in [0.25, 0.3) is 0 Å². The van der Waals surface area contributed by atoms with Crippen molar-refractivity contribution in [2.24, 2.45) is 0 Å². The molecule has 0 aliphatic carbocycles. The summed E-state index contributed by atoms with van der Waals surface area (Å²) in [6, 6.07) is 14.3. The van der Waals surface area contributed by atoms with Gasteiger partial charge in [-0.15, -0.1) is 0 Å². The minimum Gasteiger partial charge on any atom is -0.392 e. The lowest BCUT2D eigenvalue weighted by atomic mass is 10.1. The summed E-state index contributed by atoms with van der Waals surface area (Å²) in [6.45, 7) is 2.14. The van der Waals surface area contributed by atoms with E-state index in [1.807, 2.05) is 25.2 Å². The van der Waals surface area contributed by atoms with Gasteiger partial charge in [0.25, 0.3) is 0 Å². The Hall–Kier alpha value is -1.32. The summed E-state index contributed by atoms with van der Waals surface area (Å²) in [5.41, 5.74) is 4.37. The topological polar surface area (TPSA) is 23.5 Å². The van der Waals surface area contributed by atoms with E-state index in [1.165, 1.54) is 5.56 Å². The van der Waals surface area contributed by atoms with Gasteiger partial charge in [0.05, 0.1) is 12.3 Å². The largest absolute Gasteiger partial charge is 0.392 e. The highest BCUT2D eigenvalue weighted by Gasteiger charge is 2.08. The van der Waals surface area contributed by atoms with Crippen molar-refractivity contribution in [2.45, 2.75) is 13.5 Å². The molecule has 0 atom stereocenters. The third kappa shape index (κ3) is 2.74. The molecule has 0 radical (unpaired) electrons. The Balaban J connectivity index is 2.33. The first-order chi connectivity index (χ1) is 8.61. The van der Waals surface area contributed by atoms with Crippen molar-refractivity contribution in [1.82, 2.24) is 0 Å². The van der Waals surface area contributed by atoms with E-state index in [2.05, 4.69) is 52.0 Å². The van der Waals surface area contributed by atoms with Crippen LogP contribution in [0.5, 0.6) is 0 Å². The molecule has 0 unspecified atom stereocenters. The Labute approximate surface area is 116 Å². The SMILES string of the molecule is Cc1ccc(N(C)c2ccc(CO)cc2Br)cc1. The molecule has 0 aliphatic heterocycles. The molecule has 0 saturated heterocycles. The lowest BCUT2D eigenvalue weighted by molar-refractivity contribution is 0.282. The lowest BCUT2D eigenvalue weighted by Gasteiger charge is -2.21. The zero-order valence-electron chi connectivity index (χ0n) is 10.5. The quantitative estimate of drug-likeness (QED) is 0.926. The summed E-state index contributed by atoms with van der Waals surface area (Å²) in [7, 11) is 2.03. The fourth-order valence-corrected chi connectivity index (χ4v) is 2.52. The molecular weight excluding hydrogens is 290 g/mol. The van der Waals surface area contributed by atoms with Crippen molar-refractivity contribution in [2.75, 3.05) is 11.9 Å². The molecule has 2 aromatic rings. The van der Waals surface area contributed by atoms with Gasteiger partial charge in [0, 0.05) is 17.2 Å². The molecule has 1 N–H and O–H groups in total. The highest BCUT2D eigenvalue weighted by molar-refractivity contribution is 9.10. The van der Waals surface area contributed by atoms with Crippen LogP contribution in [0.15, 0.2) is 46.9 Å². The minimum absolute atomic E-state index is 0.0626. The molecule has 0 aromatic heterocycles. The minimum atomic E-state index is 0.0626. The van der Waals surface area contributed by atoms with Gasteiger partial charge in [-0.2, -0.15) is 0 Å². The van der Waals surface area contributed by atoms with Gasteiger partial charge in [-0.1, -0.05) is 23.8 Å². The maximum absolute atomic E-state index is 9.10. The molecule has 2 aromatic carbocycles. The molecule has 3 heteroatoms. The van der Waals surface area contributed by atoms with Gasteiger partial charge in [-0.3, -0.25) is 0 Å². The monoisotopic (exact) mass is 305 g/mol. The van der Waals surface area contributed by atoms with E-state index in [0.717, 1.165) is 21.4 Å². The second-order valence-corrected chi connectivity index (χ2v) is 5.19. The highest BCUT2D eigenvalue weighted by atomic mass is 79.9. The Morgan fingerprint density at radius 3 is 2.33 bits per heavy atom. The number of aliphatic hydroxyl groups is 1.